The van der Waals surface area contributed by atoms with Gasteiger partial charge in [0.1, 0.15) is 0 Å². The highest BCUT2D eigenvalue weighted by atomic mass is 32.2. The summed E-state index contributed by atoms with van der Waals surface area (Å²) in [7, 11) is -4.76. The van der Waals surface area contributed by atoms with Crippen LogP contribution < -0.4 is 0 Å². The van der Waals surface area contributed by atoms with Gasteiger partial charge in [-0.05, 0) is 24.7 Å². The zero-order chi connectivity index (χ0) is 21.6. The summed E-state index contributed by atoms with van der Waals surface area (Å²) in [5.41, 5.74) is 0. The first-order chi connectivity index (χ1) is 13.2. The van der Waals surface area contributed by atoms with Crippen molar-refractivity contribution in [1.29, 1.82) is 0 Å². The molecule has 0 amide bonds. The molecule has 1 N–H and O–H groups in total. The highest BCUT2D eigenvalue weighted by Gasteiger charge is 2.36. The van der Waals surface area contributed by atoms with Gasteiger partial charge in [-0.1, -0.05) is 66.2 Å². The Morgan fingerprint density at radius 2 is 1.32 bits per heavy atom. The highest BCUT2D eigenvalue weighted by Crippen LogP contribution is 2.17. The van der Waals surface area contributed by atoms with Crippen molar-refractivity contribution in [2.45, 2.75) is 90.7 Å². The van der Waals surface area contributed by atoms with Gasteiger partial charge in [0.05, 0.1) is 19.6 Å². The van der Waals surface area contributed by atoms with Gasteiger partial charge in [0.2, 0.25) is 0 Å². The Kier molecular flexibility index (Phi) is 14.2. The highest BCUT2D eigenvalue weighted by molar-refractivity contribution is 7.87. The van der Waals surface area contributed by atoms with E-state index in [-0.39, 0.29) is 25.0 Å². The molecule has 8 heteroatoms. The Balaban J connectivity index is 4.73. The van der Waals surface area contributed by atoms with Crippen LogP contribution in [0.25, 0.3) is 0 Å². The number of unbranched alkanes of at least 4 members (excludes halogenated alkanes) is 2. The maximum Gasteiger partial charge on any atom is 0.327 e. The lowest BCUT2D eigenvalue weighted by atomic mass is 10.0. The number of hydrogen-bond donors (Lipinski definition) is 1. The molecule has 0 rings (SSSR count). The molecule has 0 aromatic rings. The van der Waals surface area contributed by atoms with Crippen molar-refractivity contribution in [2.24, 2.45) is 11.8 Å². The lowest BCUT2D eigenvalue weighted by Crippen LogP contribution is -2.35. The van der Waals surface area contributed by atoms with E-state index in [1.54, 1.807) is 0 Å². The van der Waals surface area contributed by atoms with E-state index in [1.807, 2.05) is 13.8 Å². The van der Waals surface area contributed by atoms with Crippen LogP contribution >= 0.6 is 0 Å². The number of carbonyl (C=O) groups excluding carboxylic acids is 2. The third-order valence-corrected chi connectivity index (χ3v) is 6.08. The van der Waals surface area contributed by atoms with Crippen LogP contribution in [-0.2, 0) is 29.2 Å². The molecule has 0 bridgehead atoms. The molecule has 0 aromatic heterocycles. The second kappa shape index (κ2) is 14.8. The molecule has 0 heterocycles. The van der Waals surface area contributed by atoms with E-state index in [4.69, 9.17) is 9.47 Å². The van der Waals surface area contributed by atoms with Crippen LogP contribution in [0, 0.1) is 11.8 Å². The molecular weight excluding hydrogens is 384 g/mol. The molecule has 7 nitrogen and oxygen atoms in total. The lowest BCUT2D eigenvalue weighted by molar-refractivity contribution is -0.151. The number of rotatable bonds is 16. The maximum absolute atomic E-state index is 12.2. The van der Waals surface area contributed by atoms with Crippen molar-refractivity contribution >= 4 is 22.1 Å². The van der Waals surface area contributed by atoms with Gasteiger partial charge in [0.25, 0.3) is 10.1 Å². The third-order valence-electron chi connectivity index (χ3n) is 5.00. The summed E-state index contributed by atoms with van der Waals surface area (Å²) in [6, 6.07) is 0. The fourth-order valence-corrected chi connectivity index (χ4v) is 3.48. The Labute approximate surface area is 170 Å². The van der Waals surface area contributed by atoms with E-state index in [1.165, 1.54) is 0 Å². The zero-order valence-corrected chi connectivity index (χ0v) is 18.6. The summed E-state index contributed by atoms with van der Waals surface area (Å²) >= 11 is 0. The van der Waals surface area contributed by atoms with Gasteiger partial charge in [0, 0.05) is 0 Å². The molecule has 0 radical (unpaired) electrons. The Morgan fingerprint density at radius 1 is 0.857 bits per heavy atom. The fraction of sp³-hybridized carbons (Fsp3) is 0.900. The monoisotopic (exact) mass is 422 g/mol. The van der Waals surface area contributed by atoms with Crippen LogP contribution in [0.15, 0.2) is 0 Å². The van der Waals surface area contributed by atoms with Crippen molar-refractivity contribution in [3.8, 4) is 0 Å². The van der Waals surface area contributed by atoms with E-state index in [9.17, 15) is 22.6 Å². The van der Waals surface area contributed by atoms with Gasteiger partial charge < -0.3 is 9.47 Å². The summed E-state index contributed by atoms with van der Waals surface area (Å²) in [5.74, 6) is -1.61. The number of hydrogen-bond acceptors (Lipinski definition) is 6. The molecule has 0 aliphatic carbocycles. The average Bonchev–Trinajstić information content (AvgIpc) is 2.65. The number of ether oxygens (including phenoxy) is 2. The molecule has 0 aliphatic rings. The number of carbonyl (C=O) groups is 2. The van der Waals surface area contributed by atoms with Gasteiger partial charge in [0.15, 0.2) is 5.25 Å². The van der Waals surface area contributed by atoms with E-state index in [0.717, 1.165) is 51.4 Å². The first kappa shape index (κ1) is 26.9. The lowest BCUT2D eigenvalue weighted by Gasteiger charge is -2.18. The molecule has 0 saturated heterocycles. The van der Waals surface area contributed by atoms with E-state index < -0.39 is 33.7 Å². The standard InChI is InChI=1S/C20H38O7S/c1-5-9-11-16(7-3)14-26-19(21)13-18(28(23,24)25)20(22)27-15-17(8-4)12-10-6-2/h16-18H,5-15H2,1-4H3,(H,23,24,25)/t16-,17+,18+/m1/s1. The summed E-state index contributed by atoms with van der Waals surface area (Å²) in [4.78, 5) is 24.2. The minimum atomic E-state index is -4.76. The molecule has 0 spiro atoms. The maximum atomic E-state index is 12.2. The molecule has 0 unspecified atom stereocenters. The molecule has 0 fully saturated rings. The summed E-state index contributed by atoms with van der Waals surface area (Å²) in [6.07, 6.45) is 6.74. The van der Waals surface area contributed by atoms with Crippen molar-refractivity contribution in [2.75, 3.05) is 13.2 Å². The third kappa shape index (κ3) is 11.6. The van der Waals surface area contributed by atoms with Gasteiger partial charge in [-0.15, -0.1) is 0 Å². The van der Waals surface area contributed by atoms with Gasteiger partial charge in [-0.25, -0.2) is 0 Å². The van der Waals surface area contributed by atoms with Crippen LogP contribution in [0.1, 0.15) is 85.5 Å². The first-order valence-electron chi connectivity index (χ1n) is 10.5. The van der Waals surface area contributed by atoms with E-state index >= 15 is 0 Å². The fourth-order valence-electron chi connectivity index (χ4n) is 2.82. The minimum Gasteiger partial charge on any atom is -0.465 e. The molecule has 0 aromatic carbocycles. The normalized spacial score (nSPS) is 14.9. The smallest absolute Gasteiger partial charge is 0.327 e. The largest absolute Gasteiger partial charge is 0.465 e. The summed E-state index contributed by atoms with van der Waals surface area (Å²) in [6.45, 7) is 8.35. The topological polar surface area (TPSA) is 107 Å². The van der Waals surface area contributed by atoms with Crippen molar-refractivity contribution in [1.82, 2.24) is 0 Å². The van der Waals surface area contributed by atoms with Gasteiger partial charge in [-0.2, -0.15) is 8.42 Å². The molecule has 3 atom stereocenters. The van der Waals surface area contributed by atoms with Gasteiger partial charge >= 0.3 is 11.9 Å². The SMILES string of the molecule is CCCC[C@@H](CC)COC(=O)C[C@@H](C(=O)OC[C@@H](CC)CCCC)S(=O)(=O)O. The van der Waals surface area contributed by atoms with E-state index in [2.05, 4.69) is 13.8 Å². The van der Waals surface area contributed by atoms with Crippen LogP contribution in [0.2, 0.25) is 0 Å². The Morgan fingerprint density at radius 3 is 1.71 bits per heavy atom. The Hall–Kier alpha value is -1.15. The summed E-state index contributed by atoms with van der Waals surface area (Å²) in [5, 5.41) is -1.95. The van der Waals surface area contributed by atoms with Crippen molar-refractivity contribution in [3.63, 3.8) is 0 Å². The molecule has 0 saturated carbocycles. The quantitative estimate of drug-likeness (QED) is 0.294. The van der Waals surface area contributed by atoms with Crippen molar-refractivity contribution in [3.05, 3.63) is 0 Å². The predicted octanol–water partition coefficient (Wildman–Crippen LogP) is 4.15. The van der Waals surface area contributed by atoms with Crippen LogP contribution in [0.4, 0.5) is 0 Å². The second-order valence-corrected chi connectivity index (χ2v) is 8.95. The first-order valence-corrected chi connectivity index (χ1v) is 12.0. The van der Waals surface area contributed by atoms with Crippen LogP contribution in [0.5, 0.6) is 0 Å². The molecular formula is C20H38O7S. The molecule has 166 valence electrons. The van der Waals surface area contributed by atoms with Crippen LogP contribution in [-0.4, -0.2) is 43.4 Å². The van der Waals surface area contributed by atoms with Crippen LogP contribution in [0.3, 0.4) is 0 Å². The van der Waals surface area contributed by atoms with Crippen molar-refractivity contribution < 1.29 is 32.0 Å². The minimum absolute atomic E-state index is 0.0747. The summed E-state index contributed by atoms with van der Waals surface area (Å²) < 4.78 is 42.8. The predicted molar refractivity (Wildman–Crippen MR) is 108 cm³/mol. The second-order valence-electron chi connectivity index (χ2n) is 7.35. The molecule has 28 heavy (non-hydrogen) atoms. The van der Waals surface area contributed by atoms with E-state index in [0.29, 0.717) is 0 Å². The Bertz CT molecular complexity index is 545. The number of esters is 2. The average molecular weight is 423 g/mol. The zero-order valence-electron chi connectivity index (χ0n) is 17.8. The van der Waals surface area contributed by atoms with Gasteiger partial charge in [-0.3, -0.25) is 14.1 Å². The molecule has 0 aliphatic heterocycles.